The first kappa shape index (κ1) is 19.5. The van der Waals surface area contributed by atoms with Crippen molar-refractivity contribution in [1.82, 2.24) is 9.80 Å². The molecule has 0 radical (unpaired) electrons. The molecule has 2 atom stereocenters. The lowest BCUT2D eigenvalue weighted by Gasteiger charge is -2.41. The third-order valence-electron chi connectivity index (χ3n) is 5.60. The maximum Gasteiger partial charge on any atom is 0.219 e. The first-order valence-electron chi connectivity index (χ1n) is 9.45. The van der Waals surface area contributed by atoms with E-state index in [1.807, 2.05) is 18.7 Å². The molecule has 3 nitrogen and oxygen atoms in total. The number of carbonyl (C=O) groups is 1. The number of rotatable bonds is 3. The number of hydrogen-bond donors (Lipinski definition) is 0. The zero-order chi connectivity index (χ0) is 16.7. The van der Waals surface area contributed by atoms with Crippen molar-refractivity contribution in [2.24, 2.45) is 23.7 Å². The summed E-state index contributed by atoms with van der Waals surface area (Å²) in [5, 5.41) is 0. The largest absolute Gasteiger partial charge is 0.343 e. The van der Waals surface area contributed by atoms with E-state index in [0.717, 1.165) is 30.8 Å². The second-order valence-corrected chi connectivity index (χ2v) is 7.37. The van der Waals surface area contributed by atoms with Gasteiger partial charge in [-0.3, -0.25) is 4.79 Å². The maximum absolute atomic E-state index is 11.5. The standard InChI is InChI=1S/C17H32N2O.C2H6/c1-13(2)16-5-8-18(9-6-16)12-17-7-10-19(15(4)20)11-14(17)3;1-2/h13-14,16-17H,5-12H2,1-4H3;1-2H3. The minimum absolute atomic E-state index is 0.244. The fraction of sp³-hybridized carbons (Fsp3) is 0.947. The molecule has 2 saturated heterocycles. The van der Waals surface area contributed by atoms with Crippen molar-refractivity contribution in [3.05, 3.63) is 0 Å². The highest BCUT2D eigenvalue weighted by molar-refractivity contribution is 5.73. The van der Waals surface area contributed by atoms with Crippen molar-refractivity contribution < 1.29 is 4.79 Å². The molecule has 0 aromatic rings. The van der Waals surface area contributed by atoms with Crippen molar-refractivity contribution in [1.29, 1.82) is 0 Å². The Balaban J connectivity index is 0.00000116. The molecule has 3 heteroatoms. The van der Waals surface area contributed by atoms with Crippen LogP contribution in [-0.2, 0) is 4.79 Å². The number of carbonyl (C=O) groups excluding carboxylic acids is 1. The summed E-state index contributed by atoms with van der Waals surface area (Å²) in [6.45, 7) is 18.5. The Hall–Kier alpha value is -0.570. The molecule has 0 saturated carbocycles. The monoisotopic (exact) mass is 310 g/mol. The van der Waals surface area contributed by atoms with Crippen LogP contribution in [0.25, 0.3) is 0 Å². The van der Waals surface area contributed by atoms with Crippen molar-refractivity contribution in [2.45, 2.75) is 60.8 Å². The van der Waals surface area contributed by atoms with E-state index in [1.54, 1.807) is 6.92 Å². The Bertz CT molecular complexity index is 321. The van der Waals surface area contributed by atoms with E-state index < -0.39 is 0 Å². The molecule has 2 unspecified atom stereocenters. The van der Waals surface area contributed by atoms with E-state index in [9.17, 15) is 4.79 Å². The highest BCUT2D eigenvalue weighted by Crippen LogP contribution is 2.28. The summed E-state index contributed by atoms with van der Waals surface area (Å²) in [5.74, 6) is 3.45. The average molecular weight is 311 g/mol. The van der Waals surface area contributed by atoms with Gasteiger partial charge in [0.2, 0.25) is 5.91 Å². The van der Waals surface area contributed by atoms with E-state index in [-0.39, 0.29) is 5.91 Å². The molecule has 0 N–H and O–H groups in total. The van der Waals surface area contributed by atoms with Crippen LogP contribution in [0.4, 0.5) is 0 Å². The van der Waals surface area contributed by atoms with Crippen LogP contribution in [0.2, 0.25) is 0 Å². The first-order valence-corrected chi connectivity index (χ1v) is 9.45. The second-order valence-electron chi connectivity index (χ2n) is 7.37. The van der Waals surface area contributed by atoms with Gasteiger partial charge in [0, 0.05) is 26.6 Å². The van der Waals surface area contributed by atoms with E-state index in [4.69, 9.17) is 0 Å². The van der Waals surface area contributed by atoms with Gasteiger partial charge in [-0.1, -0.05) is 34.6 Å². The maximum atomic E-state index is 11.5. The van der Waals surface area contributed by atoms with Crippen LogP contribution in [0, 0.1) is 23.7 Å². The molecular formula is C19H38N2O. The third kappa shape index (κ3) is 5.57. The Morgan fingerprint density at radius 2 is 1.68 bits per heavy atom. The summed E-state index contributed by atoms with van der Waals surface area (Å²) in [6.07, 6.45) is 3.93. The molecule has 130 valence electrons. The molecule has 0 aromatic heterocycles. The van der Waals surface area contributed by atoms with Gasteiger partial charge in [-0.05, 0) is 56.0 Å². The molecule has 2 heterocycles. The van der Waals surface area contributed by atoms with Gasteiger partial charge in [-0.15, -0.1) is 0 Å². The summed E-state index contributed by atoms with van der Waals surface area (Å²) in [7, 11) is 0. The predicted molar refractivity (Wildman–Crippen MR) is 94.9 cm³/mol. The fourth-order valence-corrected chi connectivity index (χ4v) is 3.89. The Morgan fingerprint density at radius 1 is 1.09 bits per heavy atom. The zero-order valence-electron chi connectivity index (χ0n) is 15.8. The summed E-state index contributed by atoms with van der Waals surface area (Å²) < 4.78 is 0. The minimum atomic E-state index is 0.244. The van der Waals surface area contributed by atoms with Gasteiger partial charge in [0.1, 0.15) is 0 Å². The number of piperidine rings is 2. The first-order chi connectivity index (χ1) is 10.5. The minimum Gasteiger partial charge on any atom is -0.343 e. The molecular weight excluding hydrogens is 272 g/mol. The molecule has 2 fully saturated rings. The number of hydrogen-bond acceptors (Lipinski definition) is 2. The lowest BCUT2D eigenvalue weighted by Crippen LogP contribution is -2.46. The highest BCUT2D eigenvalue weighted by Gasteiger charge is 2.30. The van der Waals surface area contributed by atoms with Crippen molar-refractivity contribution >= 4 is 5.91 Å². The quantitative estimate of drug-likeness (QED) is 0.789. The Morgan fingerprint density at radius 3 is 2.14 bits per heavy atom. The lowest BCUT2D eigenvalue weighted by molar-refractivity contribution is -0.131. The summed E-state index contributed by atoms with van der Waals surface area (Å²) in [5.41, 5.74) is 0. The van der Waals surface area contributed by atoms with Crippen LogP contribution >= 0.6 is 0 Å². The van der Waals surface area contributed by atoms with Gasteiger partial charge < -0.3 is 9.80 Å². The van der Waals surface area contributed by atoms with E-state index >= 15 is 0 Å². The fourth-order valence-electron chi connectivity index (χ4n) is 3.89. The topological polar surface area (TPSA) is 23.6 Å². The smallest absolute Gasteiger partial charge is 0.219 e. The SMILES string of the molecule is CC.CC(=O)N1CCC(CN2CCC(C(C)C)CC2)C(C)C1. The van der Waals surface area contributed by atoms with Gasteiger partial charge in [0.15, 0.2) is 0 Å². The van der Waals surface area contributed by atoms with Crippen LogP contribution in [0.1, 0.15) is 60.8 Å². The van der Waals surface area contributed by atoms with Gasteiger partial charge in [-0.2, -0.15) is 0 Å². The van der Waals surface area contributed by atoms with Crippen LogP contribution in [0.5, 0.6) is 0 Å². The van der Waals surface area contributed by atoms with E-state index in [1.165, 1.54) is 38.9 Å². The van der Waals surface area contributed by atoms with E-state index in [0.29, 0.717) is 5.92 Å². The molecule has 0 aliphatic carbocycles. The van der Waals surface area contributed by atoms with Crippen molar-refractivity contribution in [2.75, 3.05) is 32.7 Å². The van der Waals surface area contributed by atoms with Crippen LogP contribution in [0.15, 0.2) is 0 Å². The molecule has 1 amide bonds. The molecule has 0 bridgehead atoms. The van der Waals surface area contributed by atoms with Crippen LogP contribution < -0.4 is 0 Å². The molecule has 22 heavy (non-hydrogen) atoms. The van der Waals surface area contributed by atoms with E-state index in [2.05, 4.69) is 25.7 Å². The summed E-state index contributed by atoms with van der Waals surface area (Å²) in [4.78, 5) is 16.1. The summed E-state index contributed by atoms with van der Waals surface area (Å²) >= 11 is 0. The molecule has 0 aromatic carbocycles. The van der Waals surface area contributed by atoms with Crippen molar-refractivity contribution in [3.63, 3.8) is 0 Å². The highest BCUT2D eigenvalue weighted by atomic mass is 16.2. The summed E-state index contributed by atoms with van der Waals surface area (Å²) in [6, 6.07) is 0. The molecule has 2 aliphatic rings. The Kier molecular flexibility index (Phi) is 8.45. The Labute approximate surface area is 138 Å². The third-order valence-corrected chi connectivity index (χ3v) is 5.60. The molecule has 2 aliphatic heterocycles. The van der Waals surface area contributed by atoms with Crippen LogP contribution in [-0.4, -0.2) is 48.4 Å². The van der Waals surface area contributed by atoms with Gasteiger partial charge in [0.05, 0.1) is 0 Å². The molecule has 0 spiro atoms. The average Bonchev–Trinajstić information content (AvgIpc) is 2.51. The normalized spacial score (nSPS) is 27.5. The van der Waals surface area contributed by atoms with Crippen molar-refractivity contribution in [3.8, 4) is 0 Å². The van der Waals surface area contributed by atoms with Gasteiger partial charge >= 0.3 is 0 Å². The van der Waals surface area contributed by atoms with Gasteiger partial charge in [0.25, 0.3) is 0 Å². The second kappa shape index (κ2) is 9.54. The zero-order valence-corrected chi connectivity index (χ0v) is 15.8. The van der Waals surface area contributed by atoms with Crippen LogP contribution in [0.3, 0.4) is 0 Å². The lowest BCUT2D eigenvalue weighted by atomic mass is 9.84. The number of likely N-dealkylation sites (tertiary alicyclic amines) is 2. The molecule has 2 rings (SSSR count). The van der Waals surface area contributed by atoms with Gasteiger partial charge in [-0.25, -0.2) is 0 Å². The number of amides is 1. The predicted octanol–water partition coefficient (Wildman–Crippen LogP) is 3.89. The number of nitrogens with zero attached hydrogens (tertiary/aromatic N) is 2.